The van der Waals surface area contributed by atoms with Gasteiger partial charge in [0.1, 0.15) is 0 Å². The van der Waals surface area contributed by atoms with Gasteiger partial charge in [-0.15, -0.1) is 0 Å². The molecule has 4 nitrogen and oxygen atoms in total. The van der Waals surface area contributed by atoms with Gasteiger partial charge >= 0.3 is 5.97 Å². The summed E-state index contributed by atoms with van der Waals surface area (Å²) in [5.74, 6) is -0.796. The standard InChI is InChI=1S/C19H20BrNO3/c1-2-13-4-3-9-21-17(13)16(19(23)24)11-14(18(21)22)10-12-5-7-15(20)8-6-12/h5-8,11,13H,2-4,9-10H2,1H3,(H,23,24). The Morgan fingerprint density at radius 1 is 1.33 bits per heavy atom. The predicted molar refractivity (Wildman–Crippen MR) is 96.9 cm³/mol. The van der Waals surface area contributed by atoms with Crippen molar-refractivity contribution in [2.24, 2.45) is 0 Å². The molecule has 1 atom stereocenters. The molecule has 0 spiro atoms. The summed E-state index contributed by atoms with van der Waals surface area (Å²) in [4.78, 5) is 24.7. The molecule has 2 aromatic rings. The van der Waals surface area contributed by atoms with E-state index in [4.69, 9.17) is 0 Å². The zero-order chi connectivity index (χ0) is 17.3. The van der Waals surface area contributed by atoms with E-state index in [1.54, 1.807) is 10.6 Å². The first-order valence-electron chi connectivity index (χ1n) is 8.25. The maximum atomic E-state index is 12.9. The molecule has 1 aliphatic rings. The topological polar surface area (TPSA) is 59.3 Å². The summed E-state index contributed by atoms with van der Waals surface area (Å²) in [5.41, 5.74) is 2.50. The Morgan fingerprint density at radius 2 is 2.04 bits per heavy atom. The summed E-state index contributed by atoms with van der Waals surface area (Å²) in [5, 5.41) is 9.65. The Kier molecular flexibility index (Phi) is 4.90. The van der Waals surface area contributed by atoms with Crippen LogP contribution in [0.1, 0.15) is 59.3 Å². The highest BCUT2D eigenvalue weighted by molar-refractivity contribution is 9.10. The zero-order valence-electron chi connectivity index (χ0n) is 13.6. The minimum atomic E-state index is -0.948. The molecule has 2 heterocycles. The van der Waals surface area contributed by atoms with Crippen molar-refractivity contribution in [3.8, 4) is 0 Å². The number of halogens is 1. The van der Waals surface area contributed by atoms with E-state index in [1.165, 1.54) is 0 Å². The van der Waals surface area contributed by atoms with Gasteiger partial charge in [0.05, 0.1) is 5.56 Å². The van der Waals surface area contributed by atoms with Gasteiger partial charge in [0.2, 0.25) is 0 Å². The van der Waals surface area contributed by atoms with Gasteiger partial charge in [-0.1, -0.05) is 35.0 Å². The highest BCUT2D eigenvalue weighted by Gasteiger charge is 2.27. The Labute approximate surface area is 149 Å². The number of aromatic nitrogens is 1. The smallest absolute Gasteiger partial charge is 0.337 e. The molecule has 3 rings (SSSR count). The Bertz CT molecular complexity index is 824. The van der Waals surface area contributed by atoms with E-state index in [1.807, 2.05) is 31.2 Å². The molecule has 1 aromatic heterocycles. The van der Waals surface area contributed by atoms with E-state index in [-0.39, 0.29) is 17.0 Å². The van der Waals surface area contributed by atoms with Crippen LogP contribution in [-0.4, -0.2) is 15.6 Å². The SMILES string of the molecule is CCC1CCCn2c1c(C(=O)O)cc(Cc1ccc(Br)cc1)c2=O. The Hall–Kier alpha value is -1.88. The second-order valence-corrected chi connectivity index (χ2v) is 7.20. The molecule has 0 amide bonds. The molecule has 1 N–H and O–H groups in total. The third-order valence-corrected chi connectivity index (χ3v) is 5.29. The van der Waals surface area contributed by atoms with Crippen molar-refractivity contribution in [2.75, 3.05) is 0 Å². The van der Waals surface area contributed by atoms with Gasteiger partial charge in [-0.05, 0) is 48.9 Å². The molecule has 0 bridgehead atoms. The molecule has 0 fully saturated rings. The number of nitrogens with zero attached hydrogens (tertiary/aromatic N) is 1. The molecular formula is C19H20BrNO3. The van der Waals surface area contributed by atoms with Gasteiger partial charge in [-0.2, -0.15) is 0 Å². The highest BCUT2D eigenvalue weighted by Crippen LogP contribution is 2.32. The van der Waals surface area contributed by atoms with Crippen LogP contribution in [0.2, 0.25) is 0 Å². The maximum absolute atomic E-state index is 12.9. The maximum Gasteiger partial charge on any atom is 0.337 e. The van der Waals surface area contributed by atoms with Crippen LogP contribution in [0, 0.1) is 0 Å². The number of rotatable bonds is 4. The monoisotopic (exact) mass is 389 g/mol. The fourth-order valence-electron chi connectivity index (χ4n) is 3.55. The lowest BCUT2D eigenvalue weighted by molar-refractivity contribution is 0.0692. The molecule has 126 valence electrons. The lowest BCUT2D eigenvalue weighted by Crippen LogP contribution is -2.33. The average Bonchev–Trinajstić information content (AvgIpc) is 2.58. The van der Waals surface area contributed by atoms with Crippen LogP contribution in [0.25, 0.3) is 0 Å². The molecule has 5 heteroatoms. The second kappa shape index (κ2) is 6.93. The number of carbonyl (C=O) groups is 1. The van der Waals surface area contributed by atoms with Gasteiger partial charge in [0, 0.05) is 28.7 Å². The van der Waals surface area contributed by atoms with Crippen molar-refractivity contribution < 1.29 is 9.90 Å². The van der Waals surface area contributed by atoms with Crippen LogP contribution in [0.5, 0.6) is 0 Å². The number of benzene rings is 1. The summed E-state index contributed by atoms with van der Waals surface area (Å²) in [6.07, 6.45) is 3.17. The molecule has 1 aliphatic heterocycles. The summed E-state index contributed by atoms with van der Waals surface area (Å²) < 4.78 is 2.68. The van der Waals surface area contributed by atoms with E-state index >= 15 is 0 Å². The van der Waals surface area contributed by atoms with Crippen LogP contribution in [-0.2, 0) is 13.0 Å². The molecule has 24 heavy (non-hydrogen) atoms. The molecule has 0 saturated carbocycles. The van der Waals surface area contributed by atoms with E-state index in [2.05, 4.69) is 15.9 Å². The largest absolute Gasteiger partial charge is 0.478 e. The number of carboxylic acid groups (broad SMARTS) is 1. The first-order chi connectivity index (χ1) is 11.5. The summed E-state index contributed by atoms with van der Waals surface area (Å²) in [6, 6.07) is 9.34. The van der Waals surface area contributed by atoms with E-state index < -0.39 is 5.97 Å². The average molecular weight is 390 g/mol. The molecule has 1 aromatic carbocycles. The molecule has 1 unspecified atom stereocenters. The summed E-state index contributed by atoms with van der Waals surface area (Å²) >= 11 is 3.40. The van der Waals surface area contributed by atoms with E-state index in [0.717, 1.165) is 29.3 Å². The van der Waals surface area contributed by atoms with Crippen molar-refractivity contribution in [3.05, 3.63) is 67.5 Å². The van der Waals surface area contributed by atoms with Crippen molar-refractivity contribution in [2.45, 2.75) is 45.1 Å². The van der Waals surface area contributed by atoms with Crippen molar-refractivity contribution in [1.29, 1.82) is 0 Å². The first kappa shape index (κ1) is 17.0. The lowest BCUT2D eigenvalue weighted by atomic mass is 9.88. The minimum absolute atomic E-state index is 0.0453. The quantitative estimate of drug-likeness (QED) is 0.852. The van der Waals surface area contributed by atoms with Crippen LogP contribution in [0.15, 0.2) is 39.6 Å². The van der Waals surface area contributed by atoms with Gasteiger partial charge < -0.3 is 9.67 Å². The highest BCUT2D eigenvalue weighted by atomic mass is 79.9. The lowest BCUT2D eigenvalue weighted by Gasteiger charge is -2.28. The van der Waals surface area contributed by atoms with Crippen LogP contribution < -0.4 is 5.56 Å². The molecule has 0 radical (unpaired) electrons. The number of aromatic carboxylic acids is 1. The van der Waals surface area contributed by atoms with Gasteiger partial charge in [-0.25, -0.2) is 4.79 Å². The van der Waals surface area contributed by atoms with Crippen molar-refractivity contribution in [1.82, 2.24) is 4.57 Å². The number of carboxylic acids is 1. The van der Waals surface area contributed by atoms with E-state index in [0.29, 0.717) is 24.2 Å². The van der Waals surface area contributed by atoms with Crippen LogP contribution in [0.4, 0.5) is 0 Å². The molecule has 0 aliphatic carbocycles. The van der Waals surface area contributed by atoms with Crippen molar-refractivity contribution >= 4 is 21.9 Å². The molecule has 0 saturated heterocycles. The third kappa shape index (κ3) is 3.18. The summed E-state index contributed by atoms with van der Waals surface area (Å²) in [7, 11) is 0. The van der Waals surface area contributed by atoms with Gasteiger partial charge in [0.15, 0.2) is 0 Å². The van der Waals surface area contributed by atoms with Crippen LogP contribution >= 0.6 is 15.9 Å². The second-order valence-electron chi connectivity index (χ2n) is 6.28. The first-order valence-corrected chi connectivity index (χ1v) is 9.05. The van der Waals surface area contributed by atoms with Gasteiger partial charge in [0.25, 0.3) is 5.56 Å². The number of hydrogen-bond donors (Lipinski definition) is 1. The number of fused-ring (bicyclic) bond motifs is 1. The zero-order valence-corrected chi connectivity index (χ0v) is 15.2. The number of hydrogen-bond acceptors (Lipinski definition) is 2. The minimum Gasteiger partial charge on any atom is -0.478 e. The normalized spacial score (nSPS) is 16.7. The molecular weight excluding hydrogens is 370 g/mol. The fraction of sp³-hybridized carbons (Fsp3) is 0.368. The Balaban J connectivity index is 2.11. The van der Waals surface area contributed by atoms with Gasteiger partial charge in [-0.3, -0.25) is 4.79 Å². The number of pyridine rings is 1. The predicted octanol–water partition coefficient (Wildman–Crippen LogP) is 4.19. The Morgan fingerprint density at radius 3 is 2.67 bits per heavy atom. The fourth-order valence-corrected chi connectivity index (χ4v) is 3.81. The van der Waals surface area contributed by atoms with E-state index in [9.17, 15) is 14.7 Å². The third-order valence-electron chi connectivity index (χ3n) is 4.76. The summed E-state index contributed by atoms with van der Waals surface area (Å²) in [6.45, 7) is 2.66. The van der Waals surface area contributed by atoms with Crippen molar-refractivity contribution in [3.63, 3.8) is 0 Å². The van der Waals surface area contributed by atoms with Crippen LogP contribution in [0.3, 0.4) is 0 Å².